The molecule has 1 aromatic carbocycles. The molecule has 2 aromatic rings. The van der Waals surface area contributed by atoms with Crippen LogP contribution in [-0.4, -0.2) is 28.3 Å². The van der Waals surface area contributed by atoms with Crippen LogP contribution in [0.4, 0.5) is 4.39 Å². The zero-order chi connectivity index (χ0) is 21.1. The molecule has 4 aliphatic rings. The molecule has 1 saturated carbocycles. The molecule has 0 amide bonds. The SMILES string of the molecule is C[C@]12Cc3cnn(-c4ccc(F)cc4)c3C=C1CCCC21OC[C@H](C2=CCCC=C2)O1. The summed E-state index contributed by atoms with van der Waals surface area (Å²) in [6, 6.07) is 6.51. The molecule has 4 nitrogen and oxygen atoms in total. The van der Waals surface area contributed by atoms with E-state index in [2.05, 4.69) is 36.3 Å². The Hall–Kier alpha value is -2.50. The maximum atomic E-state index is 13.4. The summed E-state index contributed by atoms with van der Waals surface area (Å²) in [7, 11) is 0. The molecule has 1 unspecified atom stereocenters. The van der Waals surface area contributed by atoms with E-state index >= 15 is 0 Å². The van der Waals surface area contributed by atoms with Gasteiger partial charge in [-0.1, -0.05) is 30.7 Å². The van der Waals surface area contributed by atoms with Gasteiger partial charge in [-0.25, -0.2) is 9.07 Å². The van der Waals surface area contributed by atoms with E-state index in [1.54, 1.807) is 12.1 Å². The molecule has 6 rings (SSSR count). The summed E-state index contributed by atoms with van der Waals surface area (Å²) in [5.41, 5.74) is 5.54. The Morgan fingerprint density at radius 3 is 2.87 bits per heavy atom. The molecule has 5 heteroatoms. The van der Waals surface area contributed by atoms with Crippen molar-refractivity contribution in [3.8, 4) is 5.69 Å². The van der Waals surface area contributed by atoms with Crippen LogP contribution in [0.1, 0.15) is 50.3 Å². The molecule has 3 atom stereocenters. The lowest BCUT2D eigenvalue weighted by molar-refractivity contribution is -0.239. The Morgan fingerprint density at radius 2 is 2.06 bits per heavy atom. The fraction of sp³-hybridized carbons (Fsp3) is 0.423. The summed E-state index contributed by atoms with van der Waals surface area (Å²) in [4.78, 5) is 0. The summed E-state index contributed by atoms with van der Waals surface area (Å²) < 4.78 is 28.6. The Morgan fingerprint density at radius 1 is 1.19 bits per heavy atom. The third kappa shape index (κ3) is 2.90. The zero-order valence-corrected chi connectivity index (χ0v) is 17.8. The lowest BCUT2D eigenvalue weighted by Gasteiger charge is -2.51. The van der Waals surface area contributed by atoms with E-state index < -0.39 is 5.79 Å². The van der Waals surface area contributed by atoms with E-state index in [1.165, 1.54) is 28.8 Å². The smallest absolute Gasteiger partial charge is 0.178 e. The number of hydrogen-bond donors (Lipinski definition) is 0. The van der Waals surface area contributed by atoms with Gasteiger partial charge in [0.25, 0.3) is 0 Å². The van der Waals surface area contributed by atoms with Crippen LogP contribution >= 0.6 is 0 Å². The van der Waals surface area contributed by atoms with Crippen LogP contribution in [0.5, 0.6) is 0 Å². The highest BCUT2D eigenvalue weighted by Crippen LogP contribution is 2.57. The maximum absolute atomic E-state index is 13.4. The summed E-state index contributed by atoms with van der Waals surface area (Å²) in [5.74, 6) is -0.832. The van der Waals surface area contributed by atoms with Gasteiger partial charge in [0.1, 0.15) is 11.9 Å². The number of rotatable bonds is 2. The molecule has 2 heterocycles. The van der Waals surface area contributed by atoms with Crippen LogP contribution in [0.15, 0.2) is 59.8 Å². The quantitative estimate of drug-likeness (QED) is 0.643. The van der Waals surface area contributed by atoms with Crippen molar-refractivity contribution in [1.82, 2.24) is 9.78 Å². The third-order valence-electron chi connectivity index (χ3n) is 7.51. The lowest BCUT2D eigenvalue weighted by atomic mass is 9.62. The Labute approximate surface area is 182 Å². The van der Waals surface area contributed by atoms with Crippen LogP contribution in [-0.2, 0) is 15.9 Å². The molecule has 0 bridgehead atoms. The van der Waals surface area contributed by atoms with Crippen molar-refractivity contribution in [1.29, 1.82) is 0 Å². The third-order valence-corrected chi connectivity index (χ3v) is 7.51. The van der Waals surface area contributed by atoms with Crippen LogP contribution in [0, 0.1) is 11.2 Å². The van der Waals surface area contributed by atoms with Gasteiger partial charge in [0.15, 0.2) is 5.79 Å². The van der Waals surface area contributed by atoms with Crippen LogP contribution < -0.4 is 0 Å². The molecule has 1 aromatic heterocycles. The summed E-state index contributed by atoms with van der Waals surface area (Å²) >= 11 is 0. The average molecular weight is 419 g/mol. The number of nitrogens with zero attached hydrogens (tertiary/aromatic N) is 2. The Kier molecular flexibility index (Phi) is 4.34. The van der Waals surface area contributed by atoms with Gasteiger partial charge in [-0.05, 0) is 73.6 Å². The van der Waals surface area contributed by atoms with E-state index in [0.29, 0.717) is 6.61 Å². The van der Waals surface area contributed by atoms with Gasteiger partial charge in [-0.15, -0.1) is 0 Å². The highest BCUT2D eigenvalue weighted by atomic mass is 19.1. The van der Waals surface area contributed by atoms with E-state index in [4.69, 9.17) is 9.47 Å². The molecule has 1 saturated heterocycles. The minimum atomic E-state index is -0.594. The number of benzene rings is 1. The molecule has 0 radical (unpaired) electrons. The average Bonchev–Trinajstić information content (AvgIpc) is 3.40. The number of aromatic nitrogens is 2. The topological polar surface area (TPSA) is 36.3 Å². The van der Waals surface area contributed by atoms with Gasteiger partial charge in [-0.2, -0.15) is 5.10 Å². The van der Waals surface area contributed by atoms with Crippen molar-refractivity contribution in [3.63, 3.8) is 0 Å². The second-order valence-corrected chi connectivity index (χ2v) is 9.33. The van der Waals surface area contributed by atoms with Gasteiger partial charge in [0.05, 0.1) is 24.2 Å². The van der Waals surface area contributed by atoms with Crippen molar-refractivity contribution >= 4 is 6.08 Å². The normalized spacial score (nSPS) is 31.9. The van der Waals surface area contributed by atoms with Crippen molar-refractivity contribution < 1.29 is 13.9 Å². The van der Waals surface area contributed by atoms with E-state index in [9.17, 15) is 4.39 Å². The number of halogens is 1. The van der Waals surface area contributed by atoms with Crippen LogP contribution in [0.3, 0.4) is 0 Å². The zero-order valence-electron chi connectivity index (χ0n) is 17.8. The predicted molar refractivity (Wildman–Crippen MR) is 117 cm³/mol. The molecule has 1 aliphatic heterocycles. The van der Waals surface area contributed by atoms with Gasteiger partial charge in [0, 0.05) is 11.8 Å². The highest BCUT2D eigenvalue weighted by Gasteiger charge is 2.59. The Bertz CT molecular complexity index is 1110. The Balaban J connectivity index is 1.35. The largest absolute Gasteiger partial charge is 0.346 e. The summed E-state index contributed by atoms with van der Waals surface area (Å²) in [6.45, 7) is 2.91. The summed E-state index contributed by atoms with van der Waals surface area (Å²) in [5, 5.41) is 4.64. The lowest BCUT2D eigenvalue weighted by Crippen LogP contribution is -2.53. The number of hydrogen-bond acceptors (Lipinski definition) is 3. The molecule has 160 valence electrons. The fourth-order valence-corrected chi connectivity index (χ4v) is 5.77. The molecule has 3 aliphatic carbocycles. The fourth-order valence-electron chi connectivity index (χ4n) is 5.77. The van der Waals surface area contributed by atoms with Gasteiger partial charge in [-0.3, -0.25) is 0 Å². The number of fused-ring (bicyclic) bond motifs is 3. The molecular weight excluding hydrogens is 391 g/mol. The molecular formula is C26H27FN2O2. The first kappa shape index (κ1) is 19.2. The van der Waals surface area contributed by atoms with Gasteiger partial charge in [0.2, 0.25) is 0 Å². The first-order chi connectivity index (χ1) is 15.1. The number of ether oxygens (including phenoxy) is 2. The van der Waals surface area contributed by atoms with Crippen molar-refractivity contribution in [3.05, 3.63) is 76.9 Å². The summed E-state index contributed by atoms with van der Waals surface area (Å²) in [6.07, 6.45) is 17.0. The molecule has 2 fully saturated rings. The second-order valence-electron chi connectivity index (χ2n) is 9.33. The standard InChI is InChI=1S/C26H27FN2O2/c1-25-15-19-16-28-29(22-11-9-21(27)10-12-22)23(19)14-20(25)8-5-13-26(25)30-17-24(31-26)18-6-3-2-4-7-18/h3,6-7,9-12,14,16,24H,2,4-5,8,13,15,17H2,1H3/t24-,25+,26?/m1/s1. The van der Waals surface area contributed by atoms with Crippen LogP contribution in [0.25, 0.3) is 11.8 Å². The highest BCUT2D eigenvalue weighted by molar-refractivity contribution is 5.62. The second kappa shape index (κ2) is 7.01. The van der Waals surface area contributed by atoms with Gasteiger partial charge < -0.3 is 9.47 Å². The minimum absolute atomic E-state index is 0.0102. The van der Waals surface area contributed by atoms with E-state index in [0.717, 1.165) is 49.9 Å². The predicted octanol–water partition coefficient (Wildman–Crippen LogP) is 5.53. The van der Waals surface area contributed by atoms with Crippen molar-refractivity contribution in [2.45, 2.75) is 57.3 Å². The first-order valence-corrected chi connectivity index (χ1v) is 11.3. The van der Waals surface area contributed by atoms with E-state index in [-0.39, 0.29) is 17.3 Å². The van der Waals surface area contributed by atoms with E-state index in [1.807, 2.05) is 10.9 Å². The maximum Gasteiger partial charge on any atom is 0.178 e. The molecule has 1 spiro atoms. The first-order valence-electron chi connectivity index (χ1n) is 11.3. The minimum Gasteiger partial charge on any atom is -0.346 e. The van der Waals surface area contributed by atoms with Crippen molar-refractivity contribution in [2.75, 3.05) is 6.61 Å². The number of allylic oxidation sites excluding steroid dienone is 2. The van der Waals surface area contributed by atoms with Gasteiger partial charge >= 0.3 is 0 Å². The molecule has 0 N–H and O–H groups in total. The monoisotopic (exact) mass is 418 g/mol. The van der Waals surface area contributed by atoms with Crippen molar-refractivity contribution in [2.24, 2.45) is 5.41 Å². The van der Waals surface area contributed by atoms with Crippen LogP contribution in [0.2, 0.25) is 0 Å². The molecule has 31 heavy (non-hydrogen) atoms.